The van der Waals surface area contributed by atoms with Gasteiger partial charge in [-0.15, -0.1) is 0 Å². The van der Waals surface area contributed by atoms with Gasteiger partial charge in [-0.25, -0.2) is 27.2 Å². The summed E-state index contributed by atoms with van der Waals surface area (Å²) in [4.78, 5) is 24.3. The van der Waals surface area contributed by atoms with Crippen LogP contribution in [0.15, 0.2) is 64.3 Å². The van der Waals surface area contributed by atoms with Crippen LogP contribution in [-0.4, -0.2) is 35.1 Å². The van der Waals surface area contributed by atoms with E-state index in [2.05, 4.69) is 9.82 Å². The Hall–Kier alpha value is -3.04. The van der Waals surface area contributed by atoms with Crippen LogP contribution in [0.25, 0.3) is 5.69 Å². The summed E-state index contributed by atoms with van der Waals surface area (Å²) in [6.07, 6.45) is 1.98. The fourth-order valence-electron chi connectivity index (χ4n) is 3.23. The van der Waals surface area contributed by atoms with Crippen molar-refractivity contribution in [3.8, 4) is 5.69 Å². The van der Waals surface area contributed by atoms with Gasteiger partial charge in [-0.1, -0.05) is 30.3 Å². The van der Waals surface area contributed by atoms with Gasteiger partial charge in [0.1, 0.15) is 5.82 Å². The molecule has 0 radical (unpaired) electrons. The van der Waals surface area contributed by atoms with E-state index in [1.807, 2.05) is 30.3 Å². The molecule has 0 aliphatic heterocycles. The lowest BCUT2D eigenvalue weighted by Crippen LogP contribution is -2.32. The minimum Gasteiger partial charge on any atom is -0.295 e. The largest absolute Gasteiger partial charge is 0.350 e. The van der Waals surface area contributed by atoms with E-state index in [9.17, 15) is 18.0 Å². The molecule has 1 saturated carbocycles. The van der Waals surface area contributed by atoms with Gasteiger partial charge in [-0.3, -0.25) is 4.79 Å². The Balaban J connectivity index is 1.50. The summed E-state index contributed by atoms with van der Waals surface area (Å²) >= 11 is 0. The Morgan fingerprint density at radius 1 is 1.10 bits per heavy atom. The lowest BCUT2D eigenvalue weighted by molar-refractivity contribution is 0.101. The maximum Gasteiger partial charge on any atom is 0.350 e. The van der Waals surface area contributed by atoms with Gasteiger partial charge in [0.25, 0.3) is 0 Å². The number of nitrogens with zero attached hydrogens (tertiary/aromatic N) is 3. The van der Waals surface area contributed by atoms with Gasteiger partial charge >= 0.3 is 5.69 Å². The molecule has 1 aliphatic rings. The van der Waals surface area contributed by atoms with E-state index in [0.29, 0.717) is 11.4 Å². The standard InChI is InChI=1S/C21H22N4O4S/c1-15(26)16-9-11-19(12-10-16)30(28,29)22-13-14-24-21(27)25(18-5-3-2-4-6-18)20(23-24)17-7-8-17/h2-6,9-12,17,22H,7-8,13-14H2,1H3. The molecule has 1 aromatic heterocycles. The van der Waals surface area contributed by atoms with Crippen molar-refractivity contribution in [2.75, 3.05) is 6.54 Å². The zero-order valence-electron chi connectivity index (χ0n) is 16.5. The number of Topliss-reactive ketones (excluding diaryl/α,β-unsaturated/α-hetero) is 1. The van der Waals surface area contributed by atoms with Crippen LogP contribution in [0.3, 0.4) is 0 Å². The van der Waals surface area contributed by atoms with Crippen molar-refractivity contribution >= 4 is 15.8 Å². The molecular formula is C21H22N4O4S. The van der Waals surface area contributed by atoms with Gasteiger partial charge in [0.2, 0.25) is 10.0 Å². The highest BCUT2D eigenvalue weighted by Gasteiger charge is 2.31. The summed E-state index contributed by atoms with van der Waals surface area (Å²) in [7, 11) is -3.76. The van der Waals surface area contributed by atoms with Gasteiger partial charge in [0.15, 0.2) is 5.78 Å². The maximum absolute atomic E-state index is 12.9. The molecule has 156 valence electrons. The van der Waals surface area contributed by atoms with Crippen LogP contribution in [-0.2, 0) is 16.6 Å². The molecule has 30 heavy (non-hydrogen) atoms. The smallest absolute Gasteiger partial charge is 0.295 e. The summed E-state index contributed by atoms with van der Waals surface area (Å²) in [5, 5.41) is 4.47. The molecule has 3 aromatic rings. The summed E-state index contributed by atoms with van der Waals surface area (Å²) in [5.74, 6) is 0.844. The number of hydrogen-bond acceptors (Lipinski definition) is 5. The molecule has 0 unspecified atom stereocenters. The highest BCUT2D eigenvalue weighted by atomic mass is 32.2. The zero-order chi connectivity index (χ0) is 21.3. The van der Waals surface area contributed by atoms with E-state index in [1.54, 1.807) is 4.57 Å². The Morgan fingerprint density at radius 3 is 2.37 bits per heavy atom. The molecule has 8 nitrogen and oxygen atoms in total. The molecule has 9 heteroatoms. The minimum atomic E-state index is -3.76. The third-order valence-electron chi connectivity index (χ3n) is 5.01. The van der Waals surface area contributed by atoms with Crippen LogP contribution >= 0.6 is 0 Å². The summed E-state index contributed by atoms with van der Waals surface area (Å²) in [5.41, 5.74) is 0.912. The number of carbonyl (C=O) groups is 1. The van der Waals surface area contributed by atoms with Gasteiger partial charge in [0, 0.05) is 18.0 Å². The van der Waals surface area contributed by atoms with E-state index in [0.717, 1.165) is 18.5 Å². The van der Waals surface area contributed by atoms with Crippen LogP contribution in [0.4, 0.5) is 0 Å². The molecule has 0 bridgehead atoms. The molecule has 4 rings (SSSR count). The fraction of sp³-hybridized carbons (Fsp3) is 0.286. The average Bonchev–Trinajstić information content (AvgIpc) is 3.53. The first kappa shape index (κ1) is 20.2. The van der Waals surface area contributed by atoms with Gasteiger partial charge in [0.05, 0.1) is 17.1 Å². The molecule has 0 atom stereocenters. The number of para-hydroxylation sites is 1. The van der Waals surface area contributed by atoms with Crippen molar-refractivity contribution in [1.29, 1.82) is 0 Å². The predicted molar refractivity (Wildman–Crippen MR) is 111 cm³/mol. The SMILES string of the molecule is CC(=O)c1ccc(S(=O)(=O)NCCn2nc(C3CC3)n(-c3ccccc3)c2=O)cc1. The number of aromatic nitrogens is 3. The number of sulfonamides is 1. The molecule has 0 spiro atoms. The molecule has 1 aliphatic carbocycles. The highest BCUT2D eigenvalue weighted by Crippen LogP contribution is 2.39. The first-order valence-electron chi connectivity index (χ1n) is 9.72. The van der Waals surface area contributed by atoms with Crippen LogP contribution < -0.4 is 10.4 Å². The third-order valence-corrected chi connectivity index (χ3v) is 6.49. The van der Waals surface area contributed by atoms with E-state index in [4.69, 9.17) is 0 Å². The van der Waals surface area contributed by atoms with E-state index >= 15 is 0 Å². The third kappa shape index (κ3) is 4.12. The second-order valence-electron chi connectivity index (χ2n) is 7.29. The van der Waals surface area contributed by atoms with Crippen LogP contribution in [0.2, 0.25) is 0 Å². The van der Waals surface area contributed by atoms with Crippen LogP contribution in [0.5, 0.6) is 0 Å². The van der Waals surface area contributed by atoms with E-state index < -0.39 is 10.0 Å². The average molecular weight is 426 g/mol. The molecule has 1 heterocycles. The molecule has 0 amide bonds. The number of nitrogens with one attached hydrogen (secondary N) is 1. The molecule has 0 saturated heterocycles. The van der Waals surface area contributed by atoms with Crippen molar-refractivity contribution < 1.29 is 13.2 Å². The van der Waals surface area contributed by atoms with Crippen LogP contribution in [0, 0.1) is 0 Å². The van der Waals surface area contributed by atoms with Crippen molar-refractivity contribution in [2.45, 2.75) is 37.1 Å². The minimum absolute atomic E-state index is 0.0204. The molecule has 1 N–H and O–H groups in total. The summed E-state index contributed by atoms with van der Waals surface area (Å²) in [6, 6.07) is 15.0. The van der Waals surface area contributed by atoms with Crippen molar-refractivity contribution in [3.63, 3.8) is 0 Å². The highest BCUT2D eigenvalue weighted by molar-refractivity contribution is 7.89. The summed E-state index contributed by atoms with van der Waals surface area (Å²) < 4.78 is 30.4. The van der Waals surface area contributed by atoms with Crippen LogP contribution in [0.1, 0.15) is 41.9 Å². The second kappa shape index (κ2) is 8.00. The Kier molecular flexibility index (Phi) is 5.40. The molecule has 1 fully saturated rings. The number of rotatable bonds is 8. The molecule has 2 aromatic carbocycles. The van der Waals surface area contributed by atoms with Gasteiger partial charge in [-0.2, -0.15) is 5.10 Å². The molecular weight excluding hydrogens is 404 g/mol. The topological polar surface area (TPSA) is 103 Å². The quantitative estimate of drug-likeness (QED) is 0.556. The normalized spacial score (nSPS) is 14.0. The first-order valence-corrected chi connectivity index (χ1v) is 11.2. The Morgan fingerprint density at radius 2 is 1.77 bits per heavy atom. The maximum atomic E-state index is 12.9. The number of ketones is 1. The van der Waals surface area contributed by atoms with Gasteiger partial charge < -0.3 is 0 Å². The monoisotopic (exact) mass is 426 g/mol. The fourth-order valence-corrected chi connectivity index (χ4v) is 4.25. The lowest BCUT2D eigenvalue weighted by Gasteiger charge is -2.07. The van der Waals surface area contributed by atoms with Crippen molar-refractivity contribution in [3.05, 3.63) is 76.5 Å². The van der Waals surface area contributed by atoms with E-state index in [-0.39, 0.29) is 35.4 Å². The Labute approximate surface area is 174 Å². The number of hydrogen-bond donors (Lipinski definition) is 1. The first-order chi connectivity index (χ1) is 14.4. The van der Waals surface area contributed by atoms with Crippen molar-refractivity contribution in [2.24, 2.45) is 0 Å². The zero-order valence-corrected chi connectivity index (χ0v) is 17.3. The lowest BCUT2D eigenvalue weighted by atomic mass is 10.2. The van der Waals surface area contributed by atoms with Gasteiger partial charge in [-0.05, 0) is 44.0 Å². The van der Waals surface area contributed by atoms with Crippen molar-refractivity contribution in [1.82, 2.24) is 19.1 Å². The Bertz CT molecular complexity index is 1220. The van der Waals surface area contributed by atoms with E-state index in [1.165, 1.54) is 35.9 Å². The number of carbonyl (C=O) groups excluding carboxylic acids is 1. The summed E-state index contributed by atoms with van der Waals surface area (Å²) in [6.45, 7) is 1.56. The predicted octanol–water partition coefficient (Wildman–Crippen LogP) is 2.09. The number of benzene rings is 2. The second-order valence-corrected chi connectivity index (χ2v) is 9.05.